The van der Waals surface area contributed by atoms with Gasteiger partial charge in [0.2, 0.25) is 0 Å². The molecule has 4 rings (SSSR count). The molecule has 0 radical (unpaired) electrons. The Labute approximate surface area is 225 Å². The van der Waals surface area contributed by atoms with E-state index in [1.165, 1.54) is 23.2 Å². The fourth-order valence-corrected chi connectivity index (χ4v) is 7.55. The highest BCUT2D eigenvalue weighted by Crippen LogP contribution is 2.59. The smallest absolute Gasteiger partial charge is 0.342 e. The topological polar surface area (TPSA) is 310 Å². The monoisotopic (exact) mass is 616 g/mol. The van der Waals surface area contributed by atoms with E-state index in [0.717, 1.165) is 0 Å². The Hall–Kier alpha value is -1.64. The molecule has 2 aromatic rings. The summed E-state index contributed by atoms with van der Waals surface area (Å²) in [4.78, 5) is 28.5. The lowest BCUT2D eigenvalue weighted by Gasteiger charge is -2.41. The van der Waals surface area contributed by atoms with Crippen molar-refractivity contribution in [2.24, 2.45) is 0 Å². The number of aromatic nitrogens is 3. The van der Waals surface area contributed by atoms with Gasteiger partial charge in [-0.3, -0.25) is 18.2 Å². The minimum absolute atomic E-state index is 0.225. The van der Waals surface area contributed by atoms with Crippen molar-refractivity contribution >= 4 is 32.0 Å². The van der Waals surface area contributed by atoms with Crippen molar-refractivity contribution in [3.8, 4) is 0 Å². The molecule has 0 aliphatic carbocycles. The molecule has 2 aliphatic rings. The van der Waals surface area contributed by atoms with Crippen LogP contribution in [-0.2, 0) is 27.7 Å². The van der Waals surface area contributed by atoms with Crippen molar-refractivity contribution in [2.45, 2.75) is 61.3 Å². The number of aliphatic hydroxyl groups excluding tert-OH is 7. The van der Waals surface area contributed by atoms with Crippen molar-refractivity contribution in [1.82, 2.24) is 14.5 Å². The quantitative estimate of drug-likeness (QED) is 0.114. The van der Waals surface area contributed by atoms with Crippen LogP contribution < -0.4 is 5.73 Å². The Kier molecular flexibility index (Phi) is 9.33. The Morgan fingerprint density at radius 1 is 1.00 bits per heavy atom. The van der Waals surface area contributed by atoms with Crippen molar-refractivity contribution in [3.63, 3.8) is 0 Å². The third kappa shape index (κ3) is 6.39. The minimum Gasteiger partial charge on any atom is -0.397 e. The molecule has 0 amide bonds. The van der Waals surface area contributed by atoms with Crippen LogP contribution in [-0.4, -0.2) is 134 Å². The standard InChI is InChI=1S/C19H30N4O15P2/c20-7-1-2-21-17-10(7)22-5-23(17)18-14(29)11(26)9(36-18)4-35-39(31,32)6-40(33,34)38-19-15(30)12(27)13(28)16(37-19)8(25)3-24/h1-2,5,8-9,11-16,18-19,24-30H,3-4,6H2,(H2,20,21)(H,31,32)(H,33,34)/t8-,9-,11?,12+,13+,14+,15?,16?,18-,19?/m1/s1. The molecule has 2 aliphatic heterocycles. The largest absolute Gasteiger partial charge is 0.397 e. The van der Waals surface area contributed by atoms with Gasteiger partial charge in [0.05, 0.1) is 25.2 Å². The normalized spacial score (nSPS) is 36.8. The van der Waals surface area contributed by atoms with Crippen LogP contribution in [0.2, 0.25) is 0 Å². The number of rotatable bonds is 10. The fraction of sp³-hybridized carbons (Fsp3) is 0.684. The van der Waals surface area contributed by atoms with Crippen molar-refractivity contribution in [2.75, 3.05) is 24.9 Å². The number of fused-ring (bicyclic) bond motifs is 1. The Morgan fingerprint density at radius 2 is 1.70 bits per heavy atom. The SMILES string of the molecule is Nc1ccnc2c1ncn2[C@@H]1O[C@H](COP(=O)(O)CP(=O)(O)OC2OC([C@H](O)CO)[C@@H](O)[C@H](O)C2O)C(O)[C@@H]1O. The van der Waals surface area contributed by atoms with Gasteiger partial charge in [-0.2, -0.15) is 0 Å². The van der Waals surface area contributed by atoms with E-state index < -0.39 is 95.7 Å². The number of nitrogen functional groups attached to an aromatic ring is 1. The van der Waals surface area contributed by atoms with Crippen LogP contribution in [0, 0.1) is 0 Å². The van der Waals surface area contributed by atoms with Crippen LogP contribution in [0.4, 0.5) is 5.69 Å². The van der Waals surface area contributed by atoms with Crippen LogP contribution in [0.3, 0.4) is 0 Å². The predicted molar refractivity (Wildman–Crippen MR) is 129 cm³/mol. The van der Waals surface area contributed by atoms with Crippen LogP contribution in [0.25, 0.3) is 11.2 Å². The fourth-order valence-electron chi connectivity index (χ4n) is 4.27. The summed E-state index contributed by atoms with van der Waals surface area (Å²) in [5.41, 5.74) is 6.67. The van der Waals surface area contributed by atoms with Gasteiger partial charge in [0.1, 0.15) is 54.3 Å². The maximum atomic E-state index is 12.6. The first kappa shape index (κ1) is 31.3. The summed E-state index contributed by atoms with van der Waals surface area (Å²) in [6, 6.07) is 1.50. The molecular formula is C19H30N4O15P2. The van der Waals surface area contributed by atoms with Gasteiger partial charge in [-0.25, -0.2) is 9.97 Å². The lowest BCUT2D eigenvalue weighted by Crippen LogP contribution is -2.61. The zero-order valence-electron chi connectivity index (χ0n) is 20.4. The van der Waals surface area contributed by atoms with Gasteiger partial charge in [-0.1, -0.05) is 0 Å². The molecule has 40 heavy (non-hydrogen) atoms. The highest BCUT2D eigenvalue weighted by atomic mass is 31.2. The molecule has 0 bridgehead atoms. The number of ether oxygens (including phenoxy) is 2. The summed E-state index contributed by atoms with van der Waals surface area (Å²) >= 11 is 0. The zero-order valence-corrected chi connectivity index (χ0v) is 22.2. The van der Waals surface area contributed by atoms with Gasteiger partial charge in [-0.15, -0.1) is 0 Å². The summed E-state index contributed by atoms with van der Waals surface area (Å²) in [5.74, 6) is -1.55. The number of aliphatic hydroxyl groups is 7. The number of nitrogens with zero attached hydrogens (tertiary/aromatic N) is 3. The summed E-state index contributed by atoms with van der Waals surface area (Å²) in [7, 11) is -10.1. The molecule has 226 valence electrons. The third-order valence-electron chi connectivity index (χ3n) is 6.34. The number of hydrogen-bond acceptors (Lipinski definition) is 16. The first-order valence-electron chi connectivity index (χ1n) is 11.7. The van der Waals surface area contributed by atoms with Gasteiger partial charge in [0.15, 0.2) is 24.1 Å². The Balaban J connectivity index is 1.38. The molecule has 2 aromatic heterocycles. The minimum atomic E-state index is -5.15. The van der Waals surface area contributed by atoms with Crippen molar-refractivity contribution in [3.05, 3.63) is 18.6 Å². The van der Waals surface area contributed by atoms with E-state index >= 15 is 0 Å². The average molecular weight is 616 g/mol. The molecule has 2 saturated heterocycles. The number of imidazole rings is 1. The molecule has 2 fully saturated rings. The van der Waals surface area contributed by atoms with E-state index in [1.54, 1.807) is 0 Å². The molecule has 0 saturated carbocycles. The van der Waals surface area contributed by atoms with Crippen LogP contribution >= 0.6 is 15.2 Å². The van der Waals surface area contributed by atoms with E-state index in [2.05, 4.69) is 9.97 Å². The van der Waals surface area contributed by atoms with Crippen LogP contribution in [0.15, 0.2) is 18.6 Å². The summed E-state index contributed by atoms with van der Waals surface area (Å²) in [5, 5.41) is 69.6. The average Bonchev–Trinajstić information content (AvgIpc) is 3.43. The summed E-state index contributed by atoms with van der Waals surface area (Å²) < 4.78 is 46.6. The van der Waals surface area contributed by atoms with Gasteiger partial charge < -0.3 is 65.3 Å². The number of hydrogen-bond donors (Lipinski definition) is 10. The van der Waals surface area contributed by atoms with Crippen LogP contribution in [0.1, 0.15) is 6.23 Å². The number of nitrogens with two attached hydrogens (primary N) is 1. The molecule has 0 spiro atoms. The first-order valence-corrected chi connectivity index (χ1v) is 15.2. The van der Waals surface area contributed by atoms with Gasteiger partial charge in [0, 0.05) is 6.20 Å². The van der Waals surface area contributed by atoms with Gasteiger partial charge in [-0.05, 0) is 6.07 Å². The highest BCUT2D eigenvalue weighted by Gasteiger charge is 2.50. The Morgan fingerprint density at radius 3 is 2.38 bits per heavy atom. The first-order chi connectivity index (χ1) is 18.7. The second kappa shape index (κ2) is 11.9. The lowest BCUT2D eigenvalue weighted by atomic mass is 9.96. The summed E-state index contributed by atoms with van der Waals surface area (Å²) in [6.45, 7) is -1.77. The molecule has 12 atom stereocenters. The van der Waals surface area contributed by atoms with Gasteiger partial charge >= 0.3 is 15.2 Å². The number of anilines is 1. The highest BCUT2D eigenvalue weighted by molar-refractivity contribution is 7.70. The molecule has 19 nitrogen and oxygen atoms in total. The van der Waals surface area contributed by atoms with Crippen LogP contribution in [0.5, 0.6) is 0 Å². The molecular weight excluding hydrogens is 586 g/mol. The molecule has 21 heteroatoms. The molecule has 6 unspecified atom stereocenters. The maximum absolute atomic E-state index is 12.6. The third-order valence-corrected chi connectivity index (χ3v) is 10.3. The van der Waals surface area contributed by atoms with E-state index in [1.807, 2.05) is 0 Å². The molecule has 4 heterocycles. The van der Waals surface area contributed by atoms with E-state index in [0.29, 0.717) is 11.2 Å². The number of pyridine rings is 1. The van der Waals surface area contributed by atoms with Gasteiger partial charge in [0.25, 0.3) is 0 Å². The zero-order chi connectivity index (χ0) is 29.6. The van der Waals surface area contributed by atoms with Crippen molar-refractivity contribution in [1.29, 1.82) is 0 Å². The van der Waals surface area contributed by atoms with E-state index in [9.17, 15) is 49.6 Å². The Bertz CT molecular complexity index is 1280. The second-order valence-electron chi connectivity index (χ2n) is 9.28. The van der Waals surface area contributed by atoms with Crippen molar-refractivity contribution < 1.29 is 73.2 Å². The predicted octanol–water partition coefficient (Wildman–Crippen LogP) is -3.84. The lowest BCUT2D eigenvalue weighted by molar-refractivity contribution is -0.291. The maximum Gasteiger partial charge on any atom is 0.342 e. The van der Waals surface area contributed by atoms with E-state index in [4.69, 9.17) is 29.4 Å². The molecule has 11 N–H and O–H groups in total. The summed E-state index contributed by atoms with van der Waals surface area (Å²) in [6.07, 6.45) is -14.9. The second-order valence-corrected chi connectivity index (χ2v) is 13.4. The molecule has 0 aromatic carbocycles. The van der Waals surface area contributed by atoms with E-state index in [-0.39, 0.29) is 5.65 Å².